The minimum atomic E-state index is -1.04. The number of aryl methyl sites for hydroxylation is 1. The van der Waals surface area contributed by atoms with Crippen LogP contribution in [0, 0.1) is 11.6 Å². The second kappa shape index (κ2) is 12.8. The van der Waals surface area contributed by atoms with Gasteiger partial charge in [-0.25, -0.2) is 23.5 Å². The Hall–Kier alpha value is -5.16. The SMILES string of the molecule is CCCn1cnnc1Cn1c(Cc2ccc(-c3cccc(OCc4ccc(Cl)cc4F)n3)c(F)c2)nc2ccc(C(=O)O)cc21. The predicted octanol–water partition coefficient (Wildman–Crippen LogP) is 6.95. The third kappa shape index (κ3) is 6.53. The highest BCUT2D eigenvalue weighted by Gasteiger charge is 2.18. The average molecular weight is 629 g/mol. The number of benzene rings is 3. The van der Waals surface area contributed by atoms with Gasteiger partial charge in [-0.05, 0) is 60.5 Å². The van der Waals surface area contributed by atoms with Gasteiger partial charge in [-0.3, -0.25) is 0 Å². The molecule has 1 N–H and O–H groups in total. The topological polar surface area (TPSA) is 108 Å². The van der Waals surface area contributed by atoms with Gasteiger partial charge in [-0.1, -0.05) is 36.7 Å². The van der Waals surface area contributed by atoms with Gasteiger partial charge in [0.15, 0.2) is 5.82 Å². The molecule has 45 heavy (non-hydrogen) atoms. The number of aromatic carboxylic acids is 1. The molecule has 9 nitrogen and oxygen atoms in total. The van der Waals surface area contributed by atoms with Crippen LogP contribution < -0.4 is 4.74 Å². The lowest BCUT2D eigenvalue weighted by atomic mass is 10.1. The molecule has 0 saturated carbocycles. The molecule has 6 aromatic rings. The second-order valence-electron chi connectivity index (χ2n) is 10.4. The van der Waals surface area contributed by atoms with Crippen LogP contribution in [0.4, 0.5) is 8.78 Å². The first kappa shape index (κ1) is 29.9. The molecule has 0 aliphatic carbocycles. The van der Waals surface area contributed by atoms with Crippen LogP contribution in [0.3, 0.4) is 0 Å². The molecule has 3 aromatic carbocycles. The monoisotopic (exact) mass is 628 g/mol. The minimum Gasteiger partial charge on any atom is -0.478 e. The summed E-state index contributed by atoms with van der Waals surface area (Å²) < 4.78 is 39.2. The van der Waals surface area contributed by atoms with E-state index in [9.17, 15) is 14.3 Å². The summed E-state index contributed by atoms with van der Waals surface area (Å²) in [6, 6.07) is 18.9. The number of carboxylic acids is 1. The number of pyridine rings is 1. The Morgan fingerprint density at radius 3 is 2.62 bits per heavy atom. The van der Waals surface area contributed by atoms with Crippen molar-refractivity contribution in [2.45, 2.75) is 39.5 Å². The summed E-state index contributed by atoms with van der Waals surface area (Å²) in [6.07, 6.45) is 2.83. The summed E-state index contributed by atoms with van der Waals surface area (Å²) in [5.74, 6) is -0.479. The number of nitrogens with zero attached hydrogens (tertiary/aromatic N) is 6. The maximum atomic E-state index is 15.5. The van der Waals surface area contributed by atoms with E-state index in [0.29, 0.717) is 46.0 Å². The van der Waals surface area contributed by atoms with Gasteiger partial charge in [0.1, 0.15) is 30.4 Å². The number of aromatic nitrogens is 6. The fourth-order valence-corrected chi connectivity index (χ4v) is 5.24. The van der Waals surface area contributed by atoms with Crippen molar-refractivity contribution in [3.63, 3.8) is 0 Å². The number of ether oxygens (including phenoxy) is 1. The van der Waals surface area contributed by atoms with Crippen molar-refractivity contribution in [3.05, 3.63) is 124 Å². The molecule has 0 aliphatic heterocycles. The number of halogens is 3. The normalized spacial score (nSPS) is 11.3. The summed E-state index contributed by atoms with van der Waals surface area (Å²) in [4.78, 5) is 20.9. The van der Waals surface area contributed by atoms with Crippen LogP contribution in [0.2, 0.25) is 5.02 Å². The van der Waals surface area contributed by atoms with Crippen molar-refractivity contribution >= 4 is 28.6 Å². The fraction of sp³-hybridized carbons (Fsp3) is 0.182. The molecule has 3 aromatic heterocycles. The predicted molar refractivity (Wildman–Crippen MR) is 164 cm³/mol. The first-order chi connectivity index (χ1) is 21.8. The van der Waals surface area contributed by atoms with Crippen molar-refractivity contribution in [1.82, 2.24) is 29.3 Å². The lowest BCUT2D eigenvalue weighted by Gasteiger charge is -2.12. The summed E-state index contributed by atoms with van der Waals surface area (Å²) in [5.41, 5.74) is 2.99. The van der Waals surface area contributed by atoms with Gasteiger partial charge in [0.05, 0.1) is 28.8 Å². The average Bonchev–Trinajstić information content (AvgIpc) is 3.60. The Labute approximate surface area is 261 Å². The van der Waals surface area contributed by atoms with Crippen LogP contribution in [-0.2, 0) is 26.1 Å². The third-order valence-electron chi connectivity index (χ3n) is 7.32. The Balaban J connectivity index is 1.27. The molecular weight excluding hydrogens is 602 g/mol. The molecule has 0 fully saturated rings. The molecule has 0 atom stereocenters. The van der Waals surface area contributed by atoms with Gasteiger partial charge in [0.2, 0.25) is 5.88 Å². The molecule has 0 radical (unpaired) electrons. The van der Waals surface area contributed by atoms with Gasteiger partial charge < -0.3 is 19.0 Å². The zero-order valence-corrected chi connectivity index (χ0v) is 24.9. The molecular formula is C33H27ClF2N6O3. The number of carboxylic acid groups (broad SMARTS) is 1. The zero-order chi connectivity index (χ0) is 31.5. The summed E-state index contributed by atoms with van der Waals surface area (Å²) in [5, 5.41) is 18.2. The van der Waals surface area contributed by atoms with E-state index in [1.165, 1.54) is 24.3 Å². The van der Waals surface area contributed by atoms with E-state index in [1.54, 1.807) is 54.9 Å². The Morgan fingerprint density at radius 2 is 1.84 bits per heavy atom. The highest BCUT2D eigenvalue weighted by Crippen LogP contribution is 2.27. The van der Waals surface area contributed by atoms with Crippen LogP contribution in [0.1, 0.15) is 46.5 Å². The first-order valence-corrected chi connectivity index (χ1v) is 14.6. The summed E-state index contributed by atoms with van der Waals surface area (Å²) >= 11 is 5.82. The number of carbonyl (C=O) groups is 1. The van der Waals surface area contributed by atoms with Crippen LogP contribution in [0.5, 0.6) is 5.88 Å². The summed E-state index contributed by atoms with van der Waals surface area (Å²) in [6.45, 7) is 3.03. The van der Waals surface area contributed by atoms with E-state index < -0.39 is 17.6 Å². The van der Waals surface area contributed by atoms with Gasteiger partial charge in [0, 0.05) is 35.2 Å². The smallest absolute Gasteiger partial charge is 0.335 e. The Morgan fingerprint density at radius 1 is 0.978 bits per heavy atom. The number of rotatable bonds is 11. The van der Waals surface area contributed by atoms with Crippen molar-refractivity contribution in [2.75, 3.05) is 0 Å². The number of hydrogen-bond donors (Lipinski definition) is 1. The molecule has 0 saturated heterocycles. The fourth-order valence-electron chi connectivity index (χ4n) is 5.08. The van der Waals surface area contributed by atoms with E-state index in [2.05, 4.69) is 22.1 Å². The standard InChI is InChI=1S/C33H27ClF2N6O3/c1-2-12-41-19-37-40-31(41)17-42-29-15-21(33(43)44)8-11-28(29)38-30(42)14-20-6-10-24(26(36)13-20)27-4-3-5-32(39-27)45-18-22-7-9-23(34)16-25(22)35/h3-11,13,15-16,19H,2,12,14,17-18H2,1H3,(H,43,44). The van der Waals surface area contributed by atoms with Gasteiger partial charge >= 0.3 is 5.97 Å². The number of fused-ring (bicyclic) bond motifs is 1. The van der Waals surface area contributed by atoms with Crippen molar-refractivity contribution < 1.29 is 23.4 Å². The Kier molecular flexibility index (Phi) is 8.52. The van der Waals surface area contributed by atoms with Crippen LogP contribution in [0.15, 0.2) is 79.1 Å². The highest BCUT2D eigenvalue weighted by molar-refractivity contribution is 6.30. The van der Waals surface area contributed by atoms with Gasteiger partial charge in [-0.2, -0.15) is 0 Å². The molecule has 3 heterocycles. The maximum absolute atomic E-state index is 15.5. The first-order valence-electron chi connectivity index (χ1n) is 14.2. The van der Waals surface area contributed by atoms with E-state index >= 15 is 4.39 Å². The summed E-state index contributed by atoms with van der Waals surface area (Å²) in [7, 11) is 0. The Bertz CT molecular complexity index is 2030. The van der Waals surface area contributed by atoms with E-state index in [-0.39, 0.29) is 35.1 Å². The van der Waals surface area contributed by atoms with Crippen molar-refractivity contribution in [1.29, 1.82) is 0 Å². The van der Waals surface area contributed by atoms with Crippen LogP contribution in [-0.4, -0.2) is 40.4 Å². The quantitative estimate of drug-likeness (QED) is 0.165. The van der Waals surface area contributed by atoms with Gasteiger partial charge in [-0.15, -0.1) is 10.2 Å². The van der Waals surface area contributed by atoms with E-state index in [0.717, 1.165) is 13.0 Å². The maximum Gasteiger partial charge on any atom is 0.335 e. The van der Waals surface area contributed by atoms with Crippen molar-refractivity contribution in [2.24, 2.45) is 0 Å². The number of hydrogen-bond acceptors (Lipinski definition) is 6. The zero-order valence-electron chi connectivity index (χ0n) is 24.1. The lowest BCUT2D eigenvalue weighted by molar-refractivity contribution is 0.0697. The molecule has 0 spiro atoms. The van der Waals surface area contributed by atoms with Crippen molar-refractivity contribution in [3.8, 4) is 17.1 Å². The van der Waals surface area contributed by atoms with Gasteiger partial charge in [0.25, 0.3) is 0 Å². The second-order valence-corrected chi connectivity index (χ2v) is 10.9. The molecule has 0 amide bonds. The molecule has 228 valence electrons. The minimum absolute atomic E-state index is 0.0649. The van der Waals surface area contributed by atoms with E-state index in [4.69, 9.17) is 21.3 Å². The number of imidazole rings is 1. The lowest BCUT2D eigenvalue weighted by Crippen LogP contribution is -2.12. The van der Waals surface area contributed by atoms with Crippen LogP contribution >= 0.6 is 11.6 Å². The largest absolute Gasteiger partial charge is 0.478 e. The molecule has 12 heteroatoms. The van der Waals surface area contributed by atoms with E-state index in [1.807, 2.05) is 9.13 Å². The molecule has 0 aliphatic rings. The molecule has 0 unspecified atom stereocenters. The molecule has 0 bridgehead atoms. The third-order valence-corrected chi connectivity index (χ3v) is 7.56. The molecule has 6 rings (SSSR count). The van der Waals surface area contributed by atoms with Crippen LogP contribution in [0.25, 0.3) is 22.3 Å². The highest BCUT2D eigenvalue weighted by atomic mass is 35.5.